The summed E-state index contributed by atoms with van der Waals surface area (Å²) in [6, 6.07) is 6.69. The minimum atomic E-state index is -0.584. The van der Waals surface area contributed by atoms with Gasteiger partial charge in [0.2, 0.25) is 11.8 Å². The summed E-state index contributed by atoms with van der Waals surface area (Å²) in [4.78, 5) is 41.7. The van der Waals surface area contributed by atoms with Gasteiger partial charge in [-0.3, -0.25) is 14.5 Å². The van der Waals surface area contributed by atoms with Gasteiger partial charge in [0.1, 0.15) is 5.92 Å². The first-order chi connectivity index (χ1) is 13.0. The van der Waals surface area contributed by atoms with Crippen LogP contribution < -0.4 is 5.32 Å². The number of aliphatic imine (C=N–C) groups is 1. The molecule has 0 saturated heterocycles. The van der Waals surface area contributed by atoms with Crippen molar-refractivity contribution in [1.82, 2.24) is 10.2 Å². The lowest BCUT2D eigenvalue weighted by atomic mass is 9.95. The van der Waals surface area contributed by atoms with E-state index in [1.54, 1.807) is 24.3 Å². The predicted molar refractivity (Wildman–Crippen MR) is 107 cm³/mol. The van der Waals surface area contributed by atoms with Gasteiger partial charge in [-0.15, -0.1) is 0 Å². The second kappa shape index (κ2) is 8.63. The average molecular weight is 451 g/mol. The second-order valence-corrected chi connectivity index (χ2v) is 7.47. The van der Waals surface area contributed by atoms with Crippen molar-refractivity contribution in [2.24, 2.45) is 10.9 Å². The summed E-state index contributed by atoms with van der Waals surface area (Å²) in [6.07, 6.45) is 5.68. The minimum Gasteiger partial charge on any atom is -0.352 e. The van der Waals surface area contributed by atoms with Crippen LogP contribution in [0.3, 0.4) is 0 Å². The fourth-order valence-electron chi connectivity index (χ4n) is 2.83. The summed E-state index contributed by atoms with van der Waals surface area (Å²) in [5, 5.41) is 3.38. The molecule has 6 nitrogen and oxygen atoms in total. The zero-order valence-electron chi connectivity index (χ0n) is 14.3. The molecule has 1 aromatic carbocycles. The molecule has 2 aliphatic rings. The lowest BCUT2D eigenvalue weighted by molar-refractivity contribution is -0.130. The minimum absolute atomic E-state index is 0.152. The zero-order valence-corrected chi connectivity index (χ0v) is 16.7. The highest BCUT2D eigenvalue weighted by atomic mass is 79.9. The van der Waals surface area contributed by atoms with E-state index in [1.165, 1.54) is 0 Å². The third kappa shape index (κ3) is 4.73. The predicted octanol–water partition coefficient (Wildman–Crippen LogP) is 3.60. The number of amides is 4. The van der Waals surface area contributed by atoms with Gasteiger partial charge in [0.15, 0.2) is 0 Å². The molecule has 0 spiro atoms. The number of hydrogen-bond acceptors (Lipinski definition) is 3. The molecule has 1 aromatic rings. The van der Waals surface area contributed by atoms with E-state index in [0.29, 0.717) is 23.7 Å². The maximum atomic E-state index is 12.5. The van der Waals surface area contributed by atoms with Crippen molar-refractivity contribution in [1.29, 1.82) is 0 Å². The Bertz CT molecular complexity index is 879. The number of benzene rings is 1. The van der Waals surface area contributed by atoms with Crippen LogP contribution in [0.5, 0.6) is 0 Å². The Balaban J connectivity index is 1.50. The zero-order chi connectivity index (χ0) is 19.4. The number of fused-ring (bicyclic) bond motifs is 1. The van der Waals surface area contributed by atoms with Crippen LogP contribution in [0.25, 0.3) is 0 Å². The quantitative estimate of drug-likeness (QED) is 0.719. The van der Waals surface area contributed by atoms with Crippen LogP contribution in [0.1, 0.15) is 18.4 Å². The van der Waals surface area contributed by atoms with E-state index in [0.717, 1.165) is 14.9 Å². The second-order valence-electron chi connectivity index (χ2n) is 6.14. The Labute approximate surface area is 170 Å². The normalized spacial score (nSPS) is 18.7. The molecule has 8 heteroatoms. The first-order valence-electron chi connectivity index (χ1n) is 8.45. The monoisotopic (exact) mass is 449 g/mol. The summed E-state index contributed by atoms with van der Waals surface area (Å²) in [6.45, 7) is 0.487. The van der Waals surface area contributed by atoms with E-state index in [-0.39, 0.29) is 24.8 Å². The molecule has 140 valence electrons. The number of nitrogens with one attached hydrogen (secondary N) is 1. The number of carbonyl (C=O) groups is 3. The summed E-state index contributed by atoms with van der Waals surface area (Å²) in [5.74, 6) is -1.04. The lowest BCUT2D eigenvalue weighted by Crippen LogP contribution is -2.46. The number of allylic oxidation sites excluding steroid dienone is 3. The van der Waals surface area contributed by atoms with Gasteiger partial charge < -0.3 is 5.32 Å². The van der Waals surface area contributed by atoms with Gasteiger partial charge in [0.05, 0.1) is 5.71 Å². The Hall–Kier alpha value is -2.25. The molecule has 1 aliphatic carbocycles. The van der Waals surface area contributed by atoms with E-state index >= 15 is 0 Å². The molecular formula is C19H17BrClN3O3. The Morgan fingerprint density at radius 1 is 1.26 bits per heavy atom. The maximum absolute atomic E-state index is 12.5. The number of rotatable bonds is 6. The number of imide groups is 1. The first-order valence-corrected chi connectivity index (χ1v) is 9.62. The van der Waals surface area contributed by atoms with E-state index in [2.05, 4.69) is 26.2 Å². The van der Waals surface area contributed by atoms with Crippen LogP contribution in [0.4, 0.5) is 4.79 Å². The number of carbonyl (C=O) groups excluding carboxylic acids is 3. The molecule has 0 fully saturated rings. The van der Waals surface area contributed by atoms with Crippen molar-refractivity contribution in [3.05, 3.63) is 57.6 Å². The molecule has 1 N–H and O–H groups in total. The van der Waals surface area contributed by atoms with Crippen LogP contribution in [0, 0.1) is 5.92 Å². The third-order valence-corrected chi connectivity index (χ3v) is 5.16. The van der Waals surface area contributed by atoms with Gasteiger partial charge in [0, 0.05) is 29.0 Å². The smallest absolute Gasteiger partial charge is 0.350 e. The third-order valence-electron chi connectivity index (χ3n) is 4.26. The highest BCUT2D eigenvalue weighted by Gasteiger charge is 2.36. The van der Waals surface area contributed by atoms with Gasteiger partial charge >= 0.3 is 6.03 Å². The molecule has 0 bridgehead atoms. The topological polar surface area (TPSA) is 78.8 Å². The van der Waals surface area contributed by atoms with Crippen molar-refractivity contribution in [2.75, 3.05) is 6.54 Å². The average Bonchev–Trinajstić information content (AvgIpc) is 2.64. The van der Waals surface area contributed by atoms with Gasteiger partial charge in [-0.1, -0.05) is 51.8 Å². The molecule has 27 heavy (non-hydrogen) atoms. The SMILES string of the molecule is O=C(CCCN1C(=O)N=C2C=CC(Br)=CC2C1=O)NCc1ccccc1Cl. The molecule has 3 rings (SSSR count). The van der Waals surface area contributed by atoms with Gasteiger partial charge in [-0.2, -0.15) is 4.99 Å². The molecule has 1 unspecified atom stereocenters. The molecule has 0 aromatic heterocycles. The Morgan fingerprint density at radius 2 is 2.04 bits per heavy atom. The number of nitrogens with zero attached hydrogens (tertiary/aromatic N) is 2. The summed E-state index contributed by atoms with van der Waals surface area (Å²) in [5.41, 5.74) is 1.28. The largest absolute Gasteiger partial charge is 0.352 e. The van der Waals surface area contributed by atoms with Crippen molar-refractivity contribution >= 4 is 51.1 Å². The highest BCUT2D eigenvalue weighted by molar-refractivity contribution is 9.11. The van der Waals surface area contributed by atoms with E-state index in [1.807, 2.05) is 18.2 Å². The maximum Gasteiger partial charge on any atom is 0.350 e. The molecular weight excluding hydrogens is 434 g/mol. The molecule has 4 amide bonds. The number of hydrogen-bond donors (Lipinski definition) is 1. The van der Waals surface area contributed by atoms with Gasteiger partial charge in [0.25, 0.3) is 0 Å². The fourth-order valence-corrected chi connectivity index (χ4v) is 3.43. The lowest BCUT2D eigenvalue weighted by Gasteiger charge is -2.28. The van der Waals surface area contributed by atoms with Crippen LogP contribution in [0.2, 0.25) is 5.02 Å². The number of halogens is 2. The summed E-state index contributed by atoms with van der Waals surface area (Å²) < 4.78 is 0.771. The van der Waals surface area contributed by atoms with Crippen molar-refractivity contribution in [3.8, 4) is 0 Å². The molecule has 0 radical (unpaired) electrons. The van der Waals surface area contributed by atoms with Crippen LogP contribution in [-0.4, -0.2) is 35.0 Å². The van der Waals surface area contributed by atoms with Crippen LogP contribution >= 0.6 is 27.5 Å². The highest BCUT2D eigenvalue weighted by Crippen LogP contribution is 2.25. The van der Waals surface area contributed by atoms with Crippen LogP contribution in [-0.2, 0) is 16.1 Å². The van der Waals surface area contributed by atoms with Crippen molar-refractivity contribution < 1.29 is 14.4 Å². The molecule has 0 saturated carbocycles. The Morgan fingerprint density at radius 3 is 2.81 bits per heavy atom. The molecule has 1 heterocycles. The fraction of sp³-hybridized carbons (Fsp3) is 0.263. The summed E-state index contributed by atoms with van der Waals surface area (Å²) >= 11 is 9.38. The van der Waals surface area contributed by atoms with E-state index in [4.69, 9.17) is 11.6 Å². The van der Waals surface area contributed by atoms with Crippen molar-refractivity contribution in [3.63, 3.8) is 0 Å². The van der Waals surface area contributed by atoms with Gasteiger partial charge in [-0.25, -0.2) is 4.79 Å². The number of urea groups is 1. The Kier molecular flexibility index (Phi) is 6.23. The van der Waals surface area contributed by atoms with Crippen LogP contribution in [0.15, 0.2) is 52.0 Å². The van der Waals surface area contributed by atoms with Gasteiger partial charge in [-0.05, 0) is 30.2 Å². The first kappa shape index (κ1) is 19.5. The van der Waals surface area contributed by atoms with E-state index < -0.39 is 11.9 Å². The van der Waals surface area contributed by atoms with Crippen molar-refractivity contribution in [2.45, 2.75) is 19.4 Å². The molecule has 1 atom stereocenters. The molecule has 1 aliphatic heterocycles. The standard InChI is InChI=1S/C19H17BrClN3O3/c20-13-7-8-16-14(10-13)18(26)24(19(27)23-16)9-3-6-17(25)22-11-12-4-1-2-5-15(12)21/h1-2,4-5,7-8,10,14H,3,6,9,11H2,(H,22,25). The van der Waals surface area contributed by atoms with E-state index in [9.17, 15) is 14.4 Å². The summed E-state index contributed by atoms with van der Waals surface area (Å²) in [7, 11) is 0.